The standard InChI is InChI=1S/C5H8Cl2O2/c6-3-1-2-4(7)5(8)9/h4H,1-3H2,(H,8,9)/t4-/m0/s1. The Morgan fingerprint density at radius 2 is 2.22 bits per heavy atom. The highest BCUT2D eigenvalue weighted by molar-refractivity contribution is 6.29. The lowest BCUT2D eigenvalue weighted by Gasteiger charge is -1.99. The molecule has 0 aromatic rings. The number of hydrogen-bond acceptors (Lipinski definition) is 1. The average molecular weight is 171 g/mol. The van der Waals surface area contributed by atoms with Crippen molar-refractivity contribution in [2.75, 3.05) is 5.88 Å². The zero-order valence-corrected chi connectivity index (χ0v) is 6.32. The molecule has 2 nitrogen and oxygen atoms in total. The summed E-state index contributed by atoms with van der Waals surface area (Å²) in [5.41, 5.74) is 0. The fourth-order valence-electron chi connectivity index (χ4n) is 0.380. The first-order valence-electron chi connectivity index (χ1n) is 2.61. The molecule has 0 aliphatic heterocycles. The third-order valence-corrected chi connectivity index (χ3v) is 1.53. The molecule has 0 radical (unpaired) electrons. The molecule has 1 atom stereocenters. The van der Waals surface area contributed by atoms with Crippen LogP contribution in [-0.4, -0.2) is 22.3 Å². The van der Waals surface area contributed by atoms with E-state index < -0.39 is 11.3 Å². The average Bonchev–Trinajstić information content (AvgIpc) is 1.82. The van der Waals surface area contributed by atoms with E-state index in [0.29, 0.717) is 18.7 Å². The molecule has 0 heterocycles. The van der Waals surface area contributed by atoms with Crippen molar-refractivity contribution in [3.8, 4) is 0 Å². The molecular formula is C5H8Cl2O2. The topological polar surface area (TPSA) is 37.3 Å². The van der Waals surface area contributed by atoms with Gasteiger partial charge < -0.3 is 5.11 Å². The quantitative estimate of drug-likeness (QED) is 0.653. The highest BCUT2D eigenvalue weighted by atomic mass is 35.5. The minimum atomic E-state index is -0.971. The molecule has 0 fully saturated rings. The van der Waals surface area contributed by atoms with Gasteiger partial charge in [0, 0.05) is 5.88 Å². The second kappa shape index (κ2) is 4.89. The van der Waals surface area contributed by atoms with E-state index >= 15 is 0 Å². The summed E-state index contributed by atoms with van der Waals surface area (Å²) in [5, 5.41) is 7.46. The zero-order valence-electron chi connectivity index (χ0n) is 4.81. The SMILES string of the molecule is O=C(O)[C@@H](Cl)CCCCl. The Kier molecular flexibility index (Phi) is 4.91. The second-order valence-corrected chi connectivity index (χ2v) is 2.54. The molecule has 0 rings (SSSR count). The summed E-state index contributed by atoms with van der Waals surface area (Å²) in [5.74, 6) is -0.502. The molecule has 54 valence electrons. The molecule has 0 bridgehead atoms. The molecule has 0 aliphatic rings. The van der Waals surface area contributed by atoms with Gasteiger partial charge in [0.05, 0.1) is 0 Å². The summed E-state index contributed by atoms with van der Waals surface area (Å²) in [6.45, 7) is 0. The summed E-state index contributed by atoms with van der Waals surface area (Å²) >= 11 is 10.6. The van der Waals surface area contributed by atoms with Crippen LogP contribution in [0.2, 0.25) is 0 Å². The van der Waals surface area contributed by atoms with Gasteiger partial charge in [0.15, 0.2) is 0 Å². The maximum atomic E-state index is 10.0. The van der Waals surface area contributed by atoms with Crippen molar-refractivity contribution in [1.29, 1.82) is 0 Å². The minimum absolute atomic E-state index is 0.445. The number of alkyl halides is 2. The lowest BCUT2D eigenvalue weighted by molar-refractivity contribution is -0.136. The van der Waals surface area contributed by atoms with Gasteiger partial charge in [-0.3, -0.25) is 4.79 Å². The van der Waals surface area contributed by atoms with E-state index in [4.69, 9.17) is 28.3 Å². The van der Waals surface area contributed by atoms with Crippen LogP contribution in [0.1, 0.15) is 12.8 Å². The first-order valence-corrected chi connectivity index (χ1v) is 3.58. The molecule has 0 unspecified atom stereocenters. The van der Waals surface area contributed by atoms with E-state index in [1.54, 1.807) is 0 Å². The van der Waals surface area contributed by atoms with Crippen LogP contribution in [0.4, 0.5) is 0 Å². The highest BCUT2D eigenvalue weighted by Gasteiger charge is 2.11. The van der Waals surface area contributed by atoms with Crippen LogP contribution >= 0.6 is 23.2 Å². The smallest absolute Gasteiger partial charge is 0.321 e. The maximum absolute atomic E-state index is 10.0. The Morgan fingerprint density at radius 1 is 1.67 bits per heavy atom. The van der Waals surface area contributed by atoms with Gasteiger partial charge in [-0.25, -0.2) is 0 Å². The van der Waals surface area contributed by atoms with Gasteiger partial charge in [-0.05, 0) is 12.8 Å². The van der Waals surface area contributed by atoms with Gasteiger partial charge in [0.2, 0.25) is 0 Å². The van der Waals surface area contributed by atoms with Crippen molar-refractivity contribution in [1.82, 2.24) is 0 Å². The number of carboxylic acids is 1. The molecular weight excluding hydrogens is 163 g/mol. The molecule has 9 heavy (non-hydrogen) atoms. The lowest BCUT2D eigenvalue weighted by atomic mass is 10.2. The number of hydrogen-bond donors (Lipinski definition) is 1. The minimum Gasteiger partial charge on any atom is -0.480 e. The van der Waals surface area contributed by atoms with Crippen LogP contribution < -0.4 is 0 Å². The first-order chi connectivity index (χ1) is 4.18. The van der Waals surface area contributed by atoms with Crippen LogP contribution in [0.5, 0.6) is 0 Å². The predicted octanol–water partition coefficient (Wildman–Crippen LogP) is 1.70. The largest absolute Gasteiger partial charge is 0.480 e. The monoisotopic (exact) mass is 170 g/mol. The van der Waals surface area contributed by atoms with Gasteiger partial charge >= 0.3 is 5.97 Å². The number of halogens is 2. The maximum Gasteiger partial charge on any atom is 0.321 e. The summed E-state index contributed by atoms with van der Waals surface area (Å²) in [7, 11) is 0. The fraction of sp³-hybridized carbons (Fsp3) is 0.800. The van der Waals surface area contributed by atoms with Crippen molar-refractivity contribution in [3.63, 3.8) is 0 Å². The Balaban J connectivity index is 3.27. The van der Waals surface area contributed by atoms with Gasteiger partial charge in [-0.1, -0.05) is 0 Å². The molecule has 0 aliphatic carbocycles. The lowest BCUT2D eigenvalue weighted by Crippen LogP contribution is -2.12. The van der Waals surface area contributed by atoms with Crippen LogP contribution in [0.15, 0.2) is 0 Å². The second-order valence-electron chi connectivity index (χ2n) is 1.64. The summed E-state index contributed by atoms with van der Waals surface area (Å²) < 4.78 is 0. The van der Waals surface area contributed by atoms with Crippen molar-refractivity contribution in [2.24, 2.45) is 0 Å². The van der Waals surface area contributed by atoms with Crippen LogP contribution in [0.25, 0.3) is 0 Å². The van der Waals surface area contributed by atoms with E-state index in [1.807, 2.05) is 0 Å². The Morgan fingerprint density at radius 3 is 2.56 bits per heavy atom. The number of aliphatic carboxylic acids is 1. The van der Waals surface area contributed by atoms with Crippen LogP contribution in [0.3, 0.4) is 0 Å². The molecule has 0 aromatic carbocycles. The van der Waals surface area contributed by atoms with Crippen molar-refractivity contribution < 1.29 is 9.90 Å². The van der Waals surface area contributed by atoms with E-state index in [9.17, 15) is 4.79 Å². The Labute approximate surface area is 63.8 Å². The van der Waals surface area contributed by atoms with E-state index in [-0.39, 0.29) is 0 Å². The van der Waals surface area contributed by atoms with Crippen molar-refractivity contribution in [3.05, 3.63) is 0 Å². The first kappa shape index (κ1) is 9.05. The molecule has 4 heteroatoms. The fourth-order valence-corrected chi connectivity index (χ4v) is 0.688. The van der Waals surface area contributed by atoms with Gasteiger partial charge in [-0.15, -0.1) is 23.2 Å². The molecule has 0 saturated carbocycles. The third-order valence-electron chi connectivity index (χ3n) is 0.859. The number of carbonyl (C=O) groups is 1. The van der Waals surface area contributed by atoms with E-state index in [0.717, 1.165) is 0 Å². The molecule has 0 aromatic heterocycles. The van der Waals surface area contributed by atoms with Gasteiger partial charge in [0.1, 0.15) is 5.38 Å². The van der Waals surface area contributed by atoms with Crippen LogP contribution in [-0.2, 0) is 4.79 Å². The Bertz CT molecular complexity index is 95.0. The van der Waals surface area contributed by atoms with Crippen molar-refractivity contribution >= 4 is 29.2 Å². The molecule has 1 N–H and O–H groups in total. The third kappa shape index (κ3) is 4.55. The number of carboxylic acid groups (broad SMARTS) is 1. The van der Waals surface area contributed by atoms with Crippen molar-refractivity contribution in [2.45, 2.75) is 18.2 Å². The van der Waals surface area contributed by atoms with Gasteiger partial charge in [-0.2, -0.15) is 0 Å². The normalized spacial score (nSPS) is 13.1. The molecule has 0 spiro atoms. The summed E-state index contributed by atoms with van der Waals surface area (Å²) in [4.78, 5) is 10.0. The molecule has 0 amide bonds. The number of rotatable bonds is 4. The van der Waals surface area contributed by atoms with Gasteiger partial charge in [0.25, 0.3) is 0 Å². The van der Waals surface area contributed by atoms with E-state index in [1.165, 1.54) is 0 Å². The van der Waals surface area contributed by atoms with E-state index in [2.05, 4.69) is 0 Å². The summed E-state index contributed by atoms with van der Waals surface area (Å²) in [6.07, 6.45) is 1.10. The Hall–Kier alpha value is 0.0500. The molecule has 0 saturated heterocycles. The predicted molar refractivity (Wildman–Crippen MR) is 37.2 cm³/mol. The van der Waals surface area contributed by atoms with Crippen LogP contribution in [0, 0.1) is 0 Å². The zero-order chi connectivity index (χ0) is 7.28. The highest BCUT2D eigenvalue weighted by Crippen LogP contribution is 2.05. The summed E-state index contributed by atoms with van der Waals surface area (Å²) in [6, 6.07) is 0.